The molecule has 1 fully saturated rings. The predicted molar refractivity (Wildman–Crippen MR) is 174 cm³/mol. The van der Waals surface area contributed by atoms with Crippen molar-refractivity contribution in [1.29, 1.82) is 0 Å². The van der Waals surface area contributed by atoms with E-state index >= 15 is 0 Å². The number of carboxylic acid groups (broad SMARTS) is 1. The third-order valence-electron chi connectivity index (χ3n) is 7.57. The van der Waals surface area contributed by atoms with E-state index in [1.807, 2.05) is 12.1 Å². The summed E-state index contributed by atoms with van der Waals surface area (Å²) in [6.45, 7) is 12.1. The number of aromatic nitrogens is 5. The van der Waals surface area contributed by atoms with Gasteiger partial charge in [-0.05, 0) is 56.7 Å². The molecule has 4 aromatic rings. The quantitative estimate of drug-likeness (QED) is 0.100. The number of benzene rings is 1. The van der Waals surface area contributed by atoms with Crippen LogP contribution in [0.25, 0.3) is 16.9 Å². The highest BCUT2D eigenvalue weighted by atomic mass is 16.7. The summed E-state index contributed by atoms with van der Waals surface area (Å²) < 4.78 is 13.3. The zero-order valence-corrected chi connectivity index (χ0v) is 26.1. The summed E-state index contributed by atoms with van der Waals surface area (Å²) in [4.78, 5) is 42.2. The van der Waals surface area contributed by atoms with Crippen molar-refractivity contribution in [3.8, 4) is 5.82 Å². The lowest BCUT2D eigenvalue weighted by molar-refractivity contribution is -0.148. The van der Waals surface area contributed by atoms with Gasteiger partial charge in [0.25, 0.3) is 5.56 Å². The van der Waals surface area contributed by atoms with Crippen LogP contribution in [0.5, 0.6) is 0 Å². The first-order valence-electron chi connectivity index (χ1n) is 15.2. The van der Waals surface area contributed by atoms with E-state index in [0.29, 0.717) is 35.1 Å². The zero-order valence-electron chi connectivity index (χ0n) is 26.1. The van der Waals surface area contributed by atoms with E-state index in [1.165, 1.54) is 10.9 Å². The smallest absolute Gasteiger partial charge is 0.329 e. The predicted octanol–water partition coefficient (Wildman–Crippen LogP) is 2.72. The van der Waals surface area contributed by atoms with E-state index < -0.39 is 11.6 Å². The molecule has 0 unspecified atom stereocenters. The van der Waals surface area contributed by atoms with Crippen LogP contribution >= 0.6 is 0 Å². The van der Waals surface area contributed by atoms with Gasteiger partial charge in [0.05, 0.1) is 18.8 Å². The maximum atomic E-state index is 13.3. The Labute approximate surface area is 266 Å². The Bertz CT molecular complexity index is 1700. The molecule has 0 amide bonds. The van der Waals surface area contributed by atoms with Crippen molar-refractivity contribution in [3.05, 3.63) is 77.4 Å². The second-order valence-electron chi connectivity index (χ2n) is 11.5. The summed E-state index contributed by atoms with van der Waals surface area (Å²) in [6, 6.07) is 13.4. The molecule has 5 rings (SSSR count). The van der Waals surface area contributed by atoms with Crippen molar-refractivity contribution < 1.29 is 24.5 Å². The van der Waals surface area contributed by atoms with E-state index in [2.05, 4.69) is 43.8 Å². The van der Waals surface area contributed by atoms with Crippen LogP contribution in [0.2, 0.25) is 0 Å². The number of aliphatic carboxylic acids is 1. The molecule has 0 spiro atoms. The number of rotatable bonds is 15. The van der Waals surface area contributed by atoms with Crippen molar-refractivity contribution >= 4 is 34.3 Å². The second kappa shape index (κ2) is 14.6. The number of ether oxygens (including phenoxy) is 2. The molecule has 1 aromatic carbocycles. The van der Waals surface area contributed by atoms with E-state index in [0.717, 1.165) is 50.5 Å². The highest BCUT2D eigenvalue weighted by Gasteiger charge is 2.22. The molecular formula is C32H40N8O6. The molecule has 0 bridgehead atoms. The molecule has 4 heterocycles. The number of hydrogen-bond donors (Lipinski definition) is 3. The monoisotopic (exact) mass is 632 g/mol. The van der Waals surface area contributed by atoms with Crippen LogP contribution in [0.4, 0.5) is 17.3 Å². The number of fused-ring (bicyclic) bond motifs is 1. The van der Waals surface area contributed by atoms with Gasteiger partial charge in [0.15, 0.2) is 11.5 Å². The normalized spacial score (nSPS) is 14.1. The number of carboxylic acids is 1. The molecule has 0 saturated carbocycles. The zero-order chi connectivity index (χ0) is 32.7. The minimum Gasteiger partial charge on any atom is -0.480 e. The molecule has 3 aromatic heterocycles. The standard InChI is InChI=1S/C32H40N8O6/c1-4-13-39-30(43)25-20-33-31(36-29(25)40(39)27-8-5-7-26(35-27)32(2,3)44)34-23-9-11-24(12-10-23)38-17-15-37(16-18-38)14-6-19-45-22-46-21-28(41)42/h4-5,7-12,20,44H,1,6,13-19,21-22H2,2-3H3,(H,41,42)(H,33,34,36). The van der Waals surface area contributed by atoms with E-state index in [-0.39, 0.29) is 25.5 Å². The van der Waals surface area contributed by atoms with Crippen LogP contribution in [0.3, 0.4) is 0 Å². The molecule has 1 aliphatic rings. The lowest BCUT2D eigenvalue weighted by Crippen LogP contribution is -2.46. The number of nitrogens with zero attached hydrogens (tertiary/aromatic N) is 7. The fourth-order valence-corrected chi connectivity index (χ4v) is 5.24. The minimum atomic E-state index is -1.16. The molecule has 0 atom stereocenters. The van der Waals surface area contributed by atoms with E-state index in [9.17, 15) is 14.7 Å². The fourth-order valence-electron chi connectivity index (χ4n) is 5.24. The molecule has 1 saturated heterocycles. The molecule has 3 N–H and O–H groups in total. The molecule has 14 nitrogen and oxygen atoms in total. The van der Waals surface area contributed by atoms with Crippen molar-refractivity contribution in [1.82, 2.24) is 29.2 Å². The third kappa shape index (κ3) is 7.95. The van der Waals surface area contributed by atoms with Gasteiger partial charge >= 0.3 is 5.97 Å². The highest BCUT2D eigenvalue weighted by Crippen LogP contribution is 2.24. The van der Waals surface area contributed by atoms with Gasteiger partial charge in [0, 0.05) is 50.3 Å². The Morgan fingerprint density at radius 2 is 1.85 bits per heavy atom. The number of nitrogens with one attached hydrogen (secondary N) is 1. The Morgan fingerprint density at radius 1 is 1.09 bits per heavy atom. The van der Waals surface area contributed by atoms with Gasteiger partial charge in [0.1, 0.15) is 24.4 Å². The van der Waals surface area contributed by atoms with Gasteiger partial charge in [0.2, 0.25) is 5.95 Å². The van der Waals surface area contributed by atoms with Crippen molar-refractivity contribution in [2.45, 2.75) is 32.4 Å². The molecule has 244 valence electrons. The van der Waals surface area contributed by atoms with Crippen LogP contribution in [0, 0.1) is 0 Å². The molecule has 0 radical (unpaired) electrons. The van der Waals surface area contributed by atoms with Crippen molar-refractivity contribution in [2.24, 2.45) is 0 Å². The maximum Gasteiger partial charge on any atom is 0.329 e. The maximum absolute atomic E-state index is 13.3. The Hall–Kier alpha value is -4.63. The first-order chi connectivity index (χ1) is 22.1. The molecular weight excluding hydrogens is 592 g/mol. The molecule has 0 aliphatic carbocycles. The SMILES string of the molecule is C=CCn1c(=O)c2cnc(Nc3ccc(N4CCN(CCCOCOCC(=O)O)CC4)cc3)nc2n1-c1cccc(C(C)(C)O)n1. The van der Waals surface area contributed by atoms with Gasteiger partial charge in [-0.2, -0.15) is 4.98 Å². The number of pyridine rings is 1. The van der Waals surface area contributed by atoms with E-state index in [1.54, 1.807) is 42.8 Å². The lowest BCUT2D eigenvalue weighted by Gasteiger charge is -2.36. The largest absolute Gasteiger partial charge is 0.480 e. The van der Waals surface area contributed by atoms with Crippen LogP contribution < -0.4 is 15.8 Å². The van der Waals surface area contributed by atoms with Crippen LogP contribution in [-0.4, -0.2) is 98.1 Å². The van der Waals surface area contributed by atoms with Gasteiger partial charge in [-0.25, -0.2) is 24.1 Å². The van der Waals surface area contributed by atoms with Gasteiger partial charge < -0.3 is 29.9 Å². The number of aliphatic hydroxyl groups is 1. The summed E-state index contributed by atoms with van der Waals surface area (Å²) >= 11 is 0. The fraction of sp³-hybridized carbons (Fsp3) is 0.406. The number of allylic oxidation sites excluding steroid dienone is 1. The summed E-state index contributed by atoms with van der Waals surface area (Å²) in [7, 11) is 0. The van der Waals surface area contributed by atoms with Gasteiger partial charge in [-0.1, -0.05) is 12.1 Å². The average molecular weight is 633 g/mol. The summed E-state index contributed by atoms with van der Waals surface area (Å²) in [6.07, 6.45) is 3.99. The highest BCUT2D eigenvalue weighted by molar-refractivity contribution is 5.77. The number of piperazine rings is 1. The summed E-state index contributed by atoms with van der Waals surface area (Å²) in [5.41, 5.74) is 1.34. The van der Waals surface area contributed by atoms with Crippen LogP contribution in [-0.2, 0) is 26.4 Å². The van der Waals surface area contributed by atoms with Crippen LogP contribution in [0.15, 0.2) is 66.1 Å². The number of hydrogen-bond acceptors (Lipinski definition) is 11. The molecule has 14 heteroatoms. The van der Waals surface area contributed by atoms with Crippen molar-refractivity contribution in [2.75, 3.05) is 62.9 Å². The average Bonchev–Trinajstić information content (AvgIpc) is 3.31. The number of carbonyl (C=O) groups is 1. The Kier molecular flexibility index (Phi) is 10.4. The second-order valence-corrected chi connectivity index (χ2v) is 11.5. The minimum absolute atomic E-state index is 0.00798. The van der Waals surface area contributed by atoms with Crippen LogP contribution in [0.1, 0.15) is 26.0 Å². The van der Waals surface area contributed by atoms with Gasteiger partial charge in [-0.15, -0.1) is 6.58 Å². The molecule has 1 aliphatic heterocycles. The summed E-state index contributed by atoms with van der Waals surface area (Å²) in [5, 5.41) is 22.7. The Balaban J connectivity index is 1.22. The first kappa shape index (κ1) is 32.8. The first-order valence-corrected chi connectivity index (χ1v) is 15.2. The lowest BCUT2D eigenvalue weighted by atomic mass is 10.1. The summed E-state index contributed by atoms with van der Waals surface area (Å²) in [5.74, 6) is -0.236. The third-order valence-corrected chi connectivity index (χ3v) is 7.57. The van der Waals surface area contributed by atoms with E-state index in [4.69, 9.17) is 19.6 Å². The van der Waals surface area contributed by atoms with Crippen molar-refractivity contribution in [3.63, 3.8) is 0 Å². The topological polar surface area (TPSA) is 160 Å². The molecule has 46 heavy (non-hydrogen) atoms. The van der Waals surface area contributed by atoms with Gasteiger partial charge in [-0.3, -0.25) is 9.69 Å². The Morgan fingerprint density at radius 3 is 2.54 bits per heavy atom. The number of anilines is 3.